The van der Waals surface area contributed by atoms with E-state index in [4.69, 9.17) is 4.74 Å². The van der Waals surface area contributed by atoms with Crippen molar-refractivity contribution in [3.05, 3.63) is 59.7 Å². The van der Waals surface area contributed by atoms with Crippen LogP contribution in [0.3, 0.4) is 0 Å². The van der Waals surface area contributed by atoms with E-state index in [2.05, 4.69) is 31.4 Å². The highest BCUT2D eigenvalue weighted by atomic mass is 16.5. The largest absolute Gasteiger partial charge is 0.496 e. The van der Waals surface area contributed by atoms with Gasteiger partial charge in [-0.25, -0.2) is 0 Å². The standard InChI is InChI=1S/C21H26N2O3/c1-21(2,3)16-9-11-17(12-10-16)23-20(25)19(24)22-14-13-15-7-5-6-8-18(15)26-4/h5-12H,13-14H2,1-4H3,(H,22,24)(H,23,25). The van der Waals surface area contributed by atoms with Gasteiger partial charge >= 0.3 is 11.8 Å². The zero-order valence-electron chi connectivity index (χ0n) is 15.8. The Kier molecular flexibility index (Phi) is 6.39. The Morgan fingerprint density at radius 2 is 1.62 bits per heavy atom. The van der Waals surface area contributed by atoms with Gasteiger partial charge in [0.2, 0.25) is 0 Å². The first-order valence-corrected chi connectivity index (χ1v) is 8.63. The van der Waals surface area contributed by atoms with Gasteiger partial charge in [-0.2, -0.15) is 0 Å². The summed E-state index contributed by atoms with van der Waals surface area (Å²) in [5, 5.41) is 5.25. The number of hydrogen-bond acceptors (Lipinski definition) is 3. The van der Waals surface area contributed by atoms with E-state index >= 15 is 0 Å². The lowest BCUT2D eigenvalue weighted by molar-refractivity contribution is -0.136. The van der Waals surface area contributed by atoms with Crippen molar-refractivity contribution in [1.82, 2.24) is 5.32 Å². The maximum Gasteiger partial charge on any atom is 0.313 e. The van der Waals surface area contributed by atoms with Crippen molar-refractivity contribution in [2.75, 3.05) is 19.0 Å². The molecule has 0 bridgehead atoms. The molecular weight excluding hydrogens is 328 g/mol. The quantitative estimate of drug-likeness (QED) is 0.810. The number of para-hydroxylation sites is 1. The second-order valence-corrected chi connectivity index (χ2v) is 7.10. The topological polar surface area (TPSA) is 67.4 Å². The van der Waals surface area contributed by atoms with Crippen molar-refractivity contribution in [3.8, 4) is 5.75 Å². The van der Waals surface area contributed by atoms with Gasteiger partial charge in [-0.15, -0.1) is 0 Å². The Hall–Kier alpha value is -2.82. The number of rotatable bonds is 5. The maximum absolute atomic E-state index is 12.0. The molecule has 0 saturated carbocycles. The monoisotopic (exact) mass is 354 g/mol. The number of amides is 2. The summed E-state index contributed by atoms with van der Waals surface area (Å²) in [4.78, 5) is 24.0. The molecule has 0 aromatic heterocycles. The lowest BCUT2D eigenvalue weighted by Gasteiger charge is -2.19. The van der Waals surface area contributed by atoms with E-state index in [9.17, 15) is 9.59 Å². The molecule has 138 valence electrons. The summed E-state index contributed by atoms with van der Waals surface area (Å²) < 4.78 is 5.27. The third kappa shape index (κ3) is 5.34. The van der Waals surface area contributed by atoms with Crippen molar-refractivity contribution in [2.45, 2.75) is 32.6 Å². The normalized spacial score (nSPS) is 10.9. The number of carbonyl (C=O) groups is 2. The molecule has 26 heavy (non-hydrogen) atoms. The number of ether oxygens (including phenoxy) is 1. The summed E-state index contributed by atoms with van der Waals surface area (Å²) in [5.41, 5.74) is 2.78. The number of benzene rings is 2. The first-order valence-electron chi connectivity index (χ1n) is 8.63. The zero-order chi connectivity index (χ0) is 19.2. The van der Waals surface area contributed by atoms with Crippen LogP contribution in [0.15, 0.2) is 48.5 Å². The van der Waals surface area contributed by atoms with Gasteiger partial charge in [-0.1, -0.05) is 51.1 Å². The number of carbonyl (C=O) groups excluding carboxylic acids is 2. The van der Waals surface area contributed by atoms with Gasteiger partial charge < -0.3 is 15.4 Å². The second-order valence-electron chi connectivity index (χ2n) is 7.10. The van der Waals surface area contributed by atoms with Gasteiger partial charge in [-0.05, 0) is 41.2 Å². The first-order chi connectivity index (χ1) is 12.3. The molecule has 5 nitrogen and oxygen atoms in total. The molecule has 0 fully saturated rings. The molecule has 0 aliphatic carbocycles. The van der Waals surface area contributed by atoms with E-state index in [1.54, 1.807) is 19.2 Å². The van der Waals surface area contributed by atoms with Crippen LogP contribution in [0.5, 0.6) is 5.75 Å². The smallest absolute Gasteiger partial charge is 0.313 e. The van der Waals surface area contributed by atoms with Gasteiger partial charge in [0, 0.05) is 12.2 Å². The molecule has 2 aromatic carbocycles. The maximum atomic E-state index is 12.0. The van der Waals surface area contributed by atoms with E-state index in [0.717, 1.165) is 16.9 Å². The molecule has 0 aliphatic rings. The van der Waals surface area contributed by atoms with E-state index < -0.39 is 11.8 Å². The highest BCUT2D eigenvalue weighted by molar-refractivity contribution is 6.39. The first kappa shape index (κ1) is 19.5. The molecule has 2 aromatic rings. The molecule has 0 heterocycles. The fourth-order valence-corrected chi connectivity index (χ4v) is 2.54. The average molecular weight is 354 g/mol. The predicted molar refractivity (Wildman–Crippen MR) is 103 cm³/mol. The van der Waals surface area contributed by atoms with Gasteiger partial charge in [-0.3, -0.25) is 9.59 Å². The Bertz CT molecular complexity index is 762. The van der Waals surface area contributed by atoms with E-state index in [1.807, 2.05) is 36.4 Å². The number of nitrogens with one attached hydrogen (secondary N) is 2. The summed E-state index contributed by atoms with van der Waals surface area (Å²) in [5.74, 6) is -0.557. The van der Waals surface area contributed by atoms with Gasteiger partial charge in [0.25, 0.3) is 0 Å². The fraction of sp³-hybridized carbons (Fsp3) is 0.333. The van der Waals surface area contributed by atoms with Crippen LogP contribution in [0.2, 0.25) is 0 Å². The third-order valence-electron chi connectivity index (χ3n) is 4.09. The molecule has 2 rings (SSSR count). The molecule has 0 saturated heterocycles. The van der Waals surface area contributed by atoms with Gasteiger partial charge in [0.1, 0.15) is 5.75 Å². The van der Waals surface area contributed by atoms with Crippen LogP contribution in [0.4, 0.5) is 5.69 Å². The summed E-state index contributed by atoms with van der Waals surface area (Å²) in [6, 6.07) is 15.1. The van der Waals surface area contributed by atoms with Crippen LogP contribution >= 0.6 is 0 Å². The number of methoxy groups -OCH3 is 1. The van der Waals surface area contributed by atoms with Gasteiger partial charge in [0.15, 0.2) is 0 Å². The van der Waals surface area contributed by atoms with Crippen molar-refractivity contribution >= 4 is 17.5 Å². The third-order valence-corrected chi connectivity index (χ3v) is 4.09. The lowest BCUT2D eigenvalue weighted by Crippen LogP contribution is -2.36. The van der Waals surface area contributed by atoms with Crippen molar-refractivity contribution in [1.29, 1.82) is 0 Å². The van der Waals surface area contributed by atoms with E-state index in [-0.39, 0.29) is 5.41 Å². The zero-order valence-corrected chi connectivity index (χ0v) is 15.8. The summed E-state index contributed by atoms with van der Waals surface area (Å²) in [7, 11) is 1.61. The van der Waals surface area contributed by atoms with Gasteiger partial charge in [0.05, 0.1) is 7.11 Å². The van der Waals surface area contributed by atoms with E-state index in [0.29, 0.717) is 18.7 Å². The van der Waals surface area contributed by atoms with Crippen LogP contribution in [0.25, 0.3) is 0 Å². The minimum absolute atomic E-state index is 0.0401. The molecule has 0 radical (unpaired) electrons. The van der Waals surface area contributed by atoms with Crippen LogP contribution < -0.4 is 15.4 Å². The van der Waals surface area contributed by atoms with Crippen molar-refractivity contribution in [2.24, 2.45) is 0 Å². The summed E-state index contributed by atoms with van der Waals surface area (Å²) >= 11 is 0. The van der Waals surface area contributed by atoms with Crippen LogP contribution in [0, 0.1) is 0 Å². The molecule has 0 aliphatic heterocycles. The fourth-order valence-electron chi connectivity index (χ4n) is 2.54. The second kappa shape index (κ2) is 8.52. The number of anilines is 1. The Balaban J connectivity index is 1.85. The number of hydrogen-bond donors (Lipinski definition) is 2. The Morgan fingerprint density at radius 3 is 2.23 bits per heavy atom. The molecule has 2 amide bonds. The highest BCUT2D eigenvalue weighted by Crippen LogP contribution is 2.23. The van der Waals surface area contributed by atoms with Crippen LogP contribution in [-0.4, -0.2) is 25.5 Å². The van der Waals surface area contributed by atoms with E-state index in [1.165, 1.54) is 0 Å². The Labute approximate surface area is 154 Å². The average Bonchev–Trinajstić information content (AvgIpc) is 2.61. The van der Waals surface area contributed by atoms with Crippen molar-refractivity contribution < 1.29 is 14.3 Å². The highest BCUT2D eigenvalue weighted by Gasteiger charge is 2.15. The molecular formula is C21H26N2O3. The Morgan fingerprint density at radius 1 is 0.962 bits per heavy atom. The minimum Gasteiger partial charge on any atom is -0.496 e. The van der Waals surface area contributed by atoms with Crippen LogP contribution in [-0.2, 0) is 21.4 Å². The molecule has 0 unspecified atom stereocenters. The summed E-state index contributed by atoms with van der Waals surface area (Å²) in [6.07, 6.45) is 0.587. The molecule has 0 atom stereocenters. The lowest BCUT2D eigenvalue weighted by atomic mass is 9.87. The SMILES string of the molecule is COc1ccccc1CCNC(=O)C(=O)Nc1ccc(C(C)(C)C)cc1. The molecule has 2 N–H and O–H groups in total. The predicted octanol–water partition coefficient (Wildman–Crippen LogP) is 3.29. The van der Waals surface area contributed by atoms with Crippen molar-refractivity contribution in [3.63, 3.8) is 0 Å². The summed E-state index contributed by atoms with van der Waals surface area (Å²) in [6.45, 7) is 6.72. The molecule has 5 heteroatoms. The molecule has 0 spiro atoms. The minimum atomic E-state index is -0.673. The van der Waals surface area contributed by atoms with Crippen LogP contribution in [0.1, 0.15) is 31.9 Å².